The molecule has 0 aromatic carbocycles. The van der Waals surface area contributed by atoms with Gasteiger partial charge in [-0.3, -0.25) is 4.99 Å². The minimum atomic E-state index is 0.343. The number of alkyl halides is 3. The minimum Gasteiger partial charge on any atom is -0.268 e. The van der Waals surface area contributed by atoms with Crippen LogP contribution in [0.2, 0.25) is 0 Å². The lowest BCUT2D eigenvalue weighted by Gasteiger charge is -1.92. The van der Waals surface area contributed by atoms with Gasteiger partial charge in [0, 0.05) is 12.4 Å². The minimum absolute atomic E-state index is 0.343. The lowest BCUT2D eigenvalue weighted by molar-refractivity contribution is 1.21. The molecule has 0 fully saturated rings. The summed E-state index contributed by atoms with van der Waals surface area (Å²) in [5, 5.41) is 0. The van der Waals surface area contributed by atoms with E-state index in [0.29, 0.717) is 9.62 Å². The molecule has 0 aliphatic carbocycles. The Morgan fingerprint density at radius 2 is 2.23 bits per heavy atom. The summed E-state index contributed by atoms with van der Waals surface area (Å²) in [5.74, 6) is 0.457. The summed E-state index contributed by atoms with van der Waals surface area (Å²) in [7, 11) is 0. The Balaban J connectivity index is 3.84. The average Bonchev–Trinajstić information content (AvgIpc) is 2.04. The molecule has 0 unspecified atom stereocenters. The Labute approximate surface area is 101 Å². The van der Waals surface area contributed by atoms with Gasteiger partial charge in [0.25, 0.3) is 0 Å². The van der Waals surface area contributed by atoms with E-state index in [1.165, 1.54) is 0 Å². The van der Waals surface area contributed by atoms with Crippen molar-refractivity contribution in [1.82, 2.24) is 0 Å². The maximum Gasteiger partial charge on any atom is 0.0732 e. The third-order valence-electron chi connectivity index (χ3n) is 1.15. The van der Waals surface area contributed by atoms with E-state index in [0.717, 1.165) is 12.0 Å². The number of hydrogen-bond donors (Lipinski definition) is 0. The summed E-state index contributed by atoms with van der Waals surface area (Å²) in [6.45, 7) is 2.00. The van der Waals surface area contributed by atoms with Crippen molar-refractivity contribution in [2.45, 2.75) is 17.1 Å². The summed E-state index contributed by atoms with van der Waals surface area (Å²) in [5.41, 5.74) is 1.11. The molecule has 13 heavy (non-hydrogen) atoms. The molecule has 0 aromatic heterocycles. The first-order chi connectivity index (χ1) is 6.16. The van der Waals surface area contributed by atoms with Crippen LogP contribution in [0.3, 0.4) is 0 Å². The van der Waals surface area contributed by atoms with Crippen LogP contribution in [0.15, 0.2) is 28.9 Å². The number of aliphatic imine (C=N–C) groups is 1. The predicted molar refractivity (Wildman–Crippen MR) is 68.4 cm³/mol. The Morgan fingerprint density at radius 1 is 1.54 bits per heavy atom. The molecule has 0 bridgehead atoms. The van der Waals surface area contributed by atoms with Gasteiger partial charge in [-0.05, 0) is 18.9 Å². The van der Waals surface area contributed by atoms with Gasteiger partial charge < -0.3 is 0 Å². The first-order valence-electron chi connectivity index (χ1n) is 3.86. The molecule has 0 saturated heterocycles. The van der Waals surface area contributed by atoms with E-state index < -0.39 is 0 Å². The zero-order valence-electron chi connectivity index (χ0n) is 7.38. The van der Waals surface area contributed by atoms with Gasteiger partial charge in [-0.25, -0.2) is 0 Å². The van der Waals surface area contributed by atoms with Crippen LogP contribution in [0.4, 0.5) is 0 Å². The summed E-state index contributed by atoms with van der Waals surface area (Å²) < 4.78 is 0.343. The van der Waals surface area contributed by atoms with Crippen LogP contribution < -0.4 is 0 Å². The zero-order chi connectivity index (χ0) is 10.1. The largest absolute Gasteiger partial charge is 0.268 e. The lowest BCUT2D eigenvalue weighted by Crippen LogP contribution is -1.79. The van der Waals surface area contributed by atoms with Crippen LogP contribution in [0.25, 0.3) is 0 Å². The molecule has 0 atom stereocenters. The van der Waals surface area contributed by atoms with Crippen molar-refractivity contribution in [3.8, 4) is 0 Å². The molecule has 0 amide bonds. The molecule has 0 radical (unpaired) electrons. The Hall–Kier alpha value is 0.400. The second-order valence-corrected chi connectivity index (χ2v) is 6.14. The monoisotopic (exact) mass is 327 g/mol. The van der Waals surface area contributed by atoms with Gasteiger partial charge in [0.15, 0.2) is 0 Å². The molecule has 0 rings (SSSR count). The van der Waals surface area contributed by atoms with E-state index in [1.54, 1.807) is 12.4 Å². The SMILES string of the molecule is C/C(C=CCC(Br)Br)=C/N=CCCl. The van der Waals surface area contributed by atoms with Gasteiger partial charge in [0.05, 0.1) is 9.62 Å². The highest BCUT2D eigenvalue weighted by Crippen LogP contribution is 2.13. The highest BCUT2D eigenvalue weighted by Gasteiger charge is 1.90. The van der Waals surface area contributed by atoms with Crippen LogP contribution >= 0.6 is 43.5 Å². The second kappa shape index (κ2) is 8.97. The smallest absolute Gasteiger partial charge is 0.0732 e. The normalized spacial score (nSPS) is 13.8. The molecule has 4 heteroatoms. The summed E-state index contributed by atoms with van der Waals surface area (Å²) in [6.07, 6.45) is 8.51. The molecular weight excluding hydrogens is 317 g/mol. The number of rotatable bonds is 5. The molecule has 0 aliphatic heterocycles. The number of allylic oxidation sites excluding steroid dienone is 3. The van der Waals surface area contributed by atoms with Gasteiger partial charge in [-0.15, -0.1) is 11.6 Å². The first kappa shape index (κ1) is 13.4. The van der Waals surface area contributed by atoms with Crippen LogP contribution in [0, 0.1) is 0 Å². The van der Waals surface area contributed by atoms with Crippen molar-refractivity contribution in [2.75, 3.05) is 5.88 Å². The fourth-order valence-electron chi connectivity index (χ4n) is 0.610. The van der Waals surface area contributed by atoms with Gasteiger partial charge in [-0.2, -0.15) is 0 Å². The molecule has 1 nitrogen and oxygen atoms in total. The third-order valence-corrected chi connectivity index (χ3v) is 2.03. The predicted octanol–water partition coefficient (Wildman–Crippen LogP) is 4.26. The van der Waals surface area contributed by atoms with Gasteiger partial charge in [0.1, 0.15) is 0 Å². The van der Waals surface area contributed by atoms with Crippen molar-refractivity contribution >= 4 is 49.7 Å². The quantitative estimate of drug-likeness (QED) is 0.406. The highest BCUT2D eigenvalue weighted by molar-refractivity contribution is 9.24. The Morgan fingerprint density at radius 3 is 2.77 bits per heavy atom. The molecule has 0 spiro atoms. The van der Waals surface area contributed by atoms with Gasteiger partial charge >= 0.3 is 0 Å². The van der Waals surface area contributed by atoms with E-state index in [-0.39, 0.29) is 0 Å². The van der Waals surface area contributed by atoms with Gasteiger partial charge in [-0.1, -0.05) is 44.0 Å². The number of hydrogen-bond acceptors (Lipinski definition) is 1. The first-order valence-corrected chi connectivity index (χ1v) is 6.22. The molecule has 0 saturated carbocycles. The summed E-state index contributed by atoms with van der Waals surface area (Å²) >= 11 is 12.2. The molecule has 74 valence electrons. The van der Waals surface area contributed by atoms with Crippen LogP contribution in [0.5, 0.6) is 0 Å². The number of halogens is 3. The van der Waals surface area contributed by atoms with E-state index >= 15 is 0 Å². The van der Waals surface area contributed by atoms with E-state index in [4.69, 9.17) is 11.6 Å². The number of nitrogens with zero attached hydrogens (tertiary/aromatic N) is 1. The third kappa shape index (κ3) is 10.3. The Kier molecular flexibility index (Phi) is 9.25. The lowest BCUT2D eigenvalue weighted by atomic mass is 10.3. The molecule has 0 aromatic rings. The van der Waals surface area contributed by atoms with Crippen LogP contribution in [0.1, 0.15) is 13.3 Å². The van der Waals surface area contributed by atoms with E-state index in [9.17, 15) is 0 Å². The van der Waals surface area contributed by atoms with E-state index in [2.05, 4.69) is 42.9 Å². The Bertz CT molecular complexity index is 210. The van der Waals surface area contributed by atoms with Crippen LogP contribution in [-0.2, 0) is 0 Å². The van der Waals surface area contributed by atoms with Crippen molar-refractivity contribution in [2.24, 2.45) is 4.99 Å². The topological polar surface area (TPSA) is 12.4 Å². The molecule has 0 N–H and O–H groups in total. The van der Waals surface area contributed by atoms with Gasteiger partial charge in [0.2, 0.25) is 0 Å². The fourth-order valence-corrected chi connectivity index (χ4v) is 1.12. The highest BCUT2D eigenvalue weighted by atomic mass is 79.9. The standard InChI is InChI=1S/C9H12Br2ClN/c1-8(7-13-6-5-12)3-2-4-9(10)11/h2-3,6-7,9H,4-5H2,1H3/b3-2?,8-7-,13-6?. The molecular formula is C9H12Br2ClN. The van der Waals surface area contributed by atoms with E-state index in [1.807, 2.05) is 13.0 Å². The summed E-state index contributed by atoms with van der Waals surface area (Å²) in [4.78, 5) is 3.99. The second-order valence-electron chi connectivity index (χ2n) is 2.39. The summed E-state index contributed by atoms with van der Waals surface area (Å²) in [6, 6.07) is 0. The van der Waals surface area contributed by atoms with Crippen molar-refractivity contribution in [3.05, 3.63) is 23.9 Å². The maximum atomic E-state index is 5.42. The average molecular weight is 329 g/mol. The van der Waals surface area contributed by atoms with Crippen molar-refractivity contribution < 1.29 is 0 Å². The fraction of sp³-hybridized carbons (Fsp3) is 0.444. The zero-order valence-corrected chi connectivity index (χ0v) is 11.3. The van der Waals surface area contributed by atoms with Crippen molar-refractivity contribution in [1.29, 1.82) is 0 Å². The molecule has 0 heterocycles. The van der Waals surface area contributed by atoms with Crippen LogP contribution in [-0.4, -0.2) is 15.8 Å². The molecule has 0 aliphatic rings. The van der Waals surface area contributed by atoms with Crippen molar-refractivity contribution in [3.63, 3.8) is 0 Å². The maximum absolute atomic E-state index is 5.42.